The van der Waals surface area contributed by atoms with Crippen molar-refractivity contribution in [2.24, 2.45) is 23.7 Å². The van der Waals surface area contributed by atoms with Gasteiger partial charge in [0.1, 0.15) is 0 Å². The smallest absolute Gasteiger partial charge is 0.225 e. The van der Waals surface area contributed by atoms with Gasteiger partial charge in [-0.3, -0.25) is 4.79 Å². The van der Waals surface area contributed by atoms with Crippen molar-refractivity contribution in [3.63, 3.8) is 0 Å². The Morgan fingerprint density at radius 1 is 1.50 bits per heavy atom. The molecule has 1 nitrogen and oxygen atoms in total. The summed E-state index contributed by atoms with van der Waals surface area (Å²) in [4.78, 5) is 11.1. The Morgan fingerprint density at radius 2 is 2.17 bits per heavy atom. The van der Waals surface area contributed by atoms with Gasteiger partial charge in [-0.1, -0.05) is 18.2 Å². The van der Waals surface area contributed by atoms with Crippen LogP contribution in [0.25, 0.3) is 0 Å². The lowest BCUT2D eigenvalue weighted by atomic mass is 9.84. The largest absolute Gasteiger partial charge is 0.281 e. The molecule has 1 saturated carbocycles. The molecule has 0 spiro atoms. The van der Waals surface area contributed by atoms with E-state index in [9.17, 15) is 4.79 Å². The van der Waals surface area contributed by atoms with Gasteiger partial charge in [0.05, 0.1) is 0 Å². The summed E-state index contributed by atoms with van der Waals surface area (Å²) in [6, 6.07) is 0. The van der Waals surface area contributed by atoms with Crippen LogP contribution in [0.15, 0.2) is 24.8 Å². The summed E-state index contributed by atoms with van der Waals surface area (Å²) in [5.74, 6) is 1.17. The topological polar surface area (TPSA) is 17.1 Å². The first kappa shape index (κ1) is 8.06. The predicted molar refractivity (Wildman–Crippen MR) is 48.8 cm³/mol. The molecule has 1 fully saturated rings. The van der Waals surface area contributed by atoms with Crippen LogP contribution in [-0.2, 0) is 4.79 Å². The fourth-order valence-electron chi connectivity index (χ4n) is 2.50. The quantitative estimate of drug-likeness (QED) is 0.474. The molecular formula is C10H11ClO. The van der Waals surface area contributed by atoms with E-state index in [1.165, 1.54) is 0 Å². The highest BCUT2D eigenvalue weighted by Crippen LogP contribution is 2.49. The van der Waals surface area contributed by atoms with Crippen molar-refractivity contribution >= 4 is 16.8 Å². The van der Waals surface area contributed by atoms with Crippen molar-refractivity contribution in [3.8, 4) is 0 Å². The van der Waals surface area contributed by atoms with Crippen molar-refractivity contribution < 1.29 is 4.79 Å². The molecule has 0 aliphatic heterocycles. The maximum Gasteiger partial charge on any atom is 0.225 e. The molecule has 12 heavy (non-hydrogen) atoms. The van der Waals surface area contributed by atoms with Crippen LogP contribution in [0.3, 0.4) is 0 Å². The second kappa shape index (κ2) is 2.74. The van der Waals surface area contributed by atoms with Gasteiger partial charge in [0, 0.05) is 5.92 Å². The number of carbonyl (C=O) groups is 1. The number of allylic oxidation sites excluding steroid dienone is 3. The van der Waals surface area contributed by atoms with Gasteiger partial charge in [-0.25, -0.2) is 0 Å². The van der Waals surface area contributed by atoms with Gasteiger partial charge in [-0.05, 0) is 35.8 Å². The third kappa shape index (κ3) is 0.962. The number of carbonyl (C=O) groups excluding carboxylic acids is 1. The molecule has 64 valence electrons. The van der Waals surface area contributed by atoms with Crippen LogP contribution in [0, 0.1) is 23.7 Å². The van der Waals surface area contributed by atoms with Crippen molar-refractivity contribution in [3.05, 3.63) is 24.8 Å². The second-order valence-corrected chi connectivity index (χ2v) is 3.96. The number of fused-ring (bicyclic) bond motifs is 2. The van der Waals surface area contributed by atoms with Crippen molar-refractivity contribution in [1.82, 2.24) is 0 Å². The monoisotopic (exact) mass is 182 g/mol. The Balaban J connectivity index is 2.28. The van der Waals surface area contributed by atoms with Crippen molar-refractivity contribution in [2.75, 3.05) is 0 Å². The molecule has 2 bridgehead atoms. The normalized spacial score (nSPS) is 43.4. The molecule has 0 saturated heterocycles. The lowest BCUT2D eigenvalue weighted by molar-refractivity contribution is -0.116. The average Bonchev–Trinajstić information content (AvgIpc) is 2.60. The number of hydrogen-bond donors (Lipinski definition) is 0. The summed E-state index contributed by atoms with van der Waals surface area (Å²) >= 11 is 5.53. The number of rotatable bonds is 2. The number of hydrogen-bond acceptors (Lipinski definition) is 1. The van der Waals surface area contributed by atoms with Crippen LogP contribution >= 0.6 is 11.6 Å². The zero-order valence-electron chi connectivity index (χ0n) is 6.74. The fourth-order valence-corrected chi connectivity index (χ4v) is 2.81. The highest BCUT2D eigenvalue weighted by Gasteiger charge is 2.45. The van der Waals surface area contributed by atoms with Crippen LogP contribution in [0.2, 0.25) is 0 Å². The first-order chi connectivity index (χ1) is 5.74. The molecule has 0 aromatic heterocycles. The Labute approximate surface area is 77.1 Å². The minimum absolute atomic E-state index is 0.000772. The van der Waals surface area contributed by atoms with Gasteiger partial charge in [0.15, 0.2) is 0 Å². The van der Waals surface area contributed by atoms with E-state index in [-0.39, 0.29) is 17.1 Å². The highest BCUT2D eigenvalue weighted by atomic mass is 35.5. The summed E-state index contributed by atoms with van der Waals surface area (Å²) in [5.41, 5.74) is 0. The summed E-state index contributed by atoms with van der Waals surface area (Å²) in [6.07, 6.45) is 7.27. The second-order valence-electron chi connectivity index (χ2n) is 3.59. The molecule has 0 unspecified atom stereocenters. The molecule has 2 heteroatoms. The van der Waals surface area contributed by atoms with Gasteiger partial charge in [-0.15, -0.1) is 6.58 Å². The van der Waals surface area contributed by atoms with E-state index >= 15 is 0 Å². The lowest BCUT2D eigenvalue weighted by Crippen LogP contribution is -2.22. The predicted octanol–water partition coefficient (Wildman–Crippen LogP) is 2.38. The third-order valence-corrected chi connectivity index (χ3v) is 3.31. The molecule has 0 radical (unpaired) electrons. The average molecular weight is 183 g/mol. The summed E-state index contributed by atoms with van der Waals surface area (Å²) in [5, 5.41) is -0.197. The van der Waals surface area contributed by atoms with E-state index < -0.39 is 0 Å². The Kier molecular flexibility index (Phi) is 1.84. The van der Waals surface area contributed by atoms with Crippen molar-refractivity contribution in [1.29, 1.82) is 0 Å². The molecule has 0 heterocycles. The standard InChI is InChI=1S/C10H11ClO/c1-2-8-6-3-4-7(5-6)9(8)10(11)12/h2-4,6-9H,1,5H2/t6-,7+,8-,9+/m0/s1. The molecular weight excluding hydrogens is 172 g/mol. The summed E-state index contributed by atoms with van der Waals surface area (Å²) in [7, 11) is 0. The zero-order chi connectivity index (χ0) is 8.72. The van der Waals surface area contributed by atoms with Crippen molar-refractivity contribution in [2.45, 2.75) is 6.42 Å². The van der Waals surface area contributed by atoms with Gasteiger partial charge in [0.2, 0.25) is 5.24 Å². The summed E-state index contributed by atoms with van der Waals surface area (Å²) in [6.45, 7) is 3.75. The van der Waals surface area contributed by atoms with E-state index in [2.05, 4.69) is 18.7 Å². The lowest BCUT2D eigenvalue weighted by Gasteiger charge is -2.21. The van der Waals surface area contributed by atoms with Crippen LogP contribution in [0.4, 0.5) is 0 Å². The van der Waals surface area contributed by atoms with Crippen LogP contribution in [-0.4, -0.2) is 5.24 Å². The first-order valence-corrected chi connectivity index (χ1v) is 4.62. The fraction of sp³-hybridized carbons (Fsp3) is 0.500. The minimum Gasteiger partial charge on any atom is -0.281 e. The van der Waals surface area contributed by atoms with Crippen LogP contribution in [0.5, 0.6) is 0 Å². The molecule has 0 aromatic rings. The van der Waals surface area contributed by atoms with Gasteiger partial charge in [-0.2, -0.15) is 0 Å². The molecule has 0 amide bonds. The van der Waals surface area contributed by atoms with Crippen LogP contribution < -0.4 is 0 Å². The van der Waals surface area contributed by atoms with Crippen LogP contribution in [0.1, 0.15) is 6.42 Å². The molecule has 2 rings (SSSR count). The maximum absolute atomic E-state index is 11.1. The number of halogens is 1. The Hall–Kier alpha value is -0.560. The first-order valence-electron chi connectivity index (χ1n) is 4.24. The van der Waals surface area contributed by atoms with E-state index in [0.29, 0.717) is 11.8 Å². The van der Waals surface area contributed by atoms with Gasteiger partial charge in [0.25, 0.3) is 0 Å². The zero-order valence-corrected chi connectivity index (χ0v) is 7.50. The summed E-state index contributed by atoms with van der Waals surface area (Å²) < 4.78 is 0. The van der Waals surface area contributed by atoms with E-state index in [0.717, 1.165) is 6.42 Å². The highest BCUT2D eigenvalue weighted by molar-refractivity contribution is 6.64. The minimum atomic E-state index is -0.197. The Bertz CT molecular complexity index is 257. The van der Waals surface area contributed by atoms with E-state index in [1.807, 2.05) is 6.08 Å². The maximum atomic E-state index is 11.1. The SMILES string of the molecule is C=C[C@@H]1[C@H](C(=O)Cl)[C@@H]2C=C[C@H]1C2. The molecule has 0 N–H and O–H groups in total. The molecule has 2 aliphatic carbocycles. The molecule has 2 aliphatic rings. The van der Waals surface area contributed by atoms with E-state index in [1.54, 1.807) is 0 Å². The third-order valence-electron chi connectivity index (χ3n) is 3.05. The molecule has 4 atom stereocenters. The Morgan fingerprint density at radius 3 is 2.67 bits per heavy atom. The molecule has 0 aromatic carbocycles. The van der Waals surface area contributed by atoms with Gasteiger partial charge >= 0.3 is 0 Å². The van der Waals surface area contributed by atoms with Gasteiger partial charge < -0.3 is 0 Å². The van der Waals surface area contributed by atoms with E-state index in [4.69, 9.17) is 11.6 Å².